The molecule has 0 amide bonds. The van der Waals surface area contributed by atoms with Crippen LogP contribution in [0, 0.1) is 5.92 Å². The van der Waals surface area contributed by atoms with Crippen LogP contribution >= 0.6 is 0 Å². The zero-order valence-corrected chi connectivity index (χ0v) is 8.79. The van der Waals surface area contributed by atoms with E-state index in [0.717, 1.165) is 18.0 Å². The smallest absolute Gasteiger partial charge is 0.191 e. The number of nitrogens with zero attached hydrogens (tertiary/aromatic N) is 1. The van der Waals surface area contributed by atoms with Crippen molar-refractivity contribution >= 4 is 5.90 Å². The minimum Gasteiger partial charge on any atom is -0.484 e. The molecule has 0 bridgehead atoms. The largest absolute Gasteiger partial charge is 0.484 e. The van der Waals surface area contributed by atoms with E-state index >= 15 is 0 Å². The predicted molar refractivity (Wildman–Crippen MR) is 55.7 cm³/mol. The maximum Gasteiger partial charge on any atom is 0.191 e. The van der Waals surface area contributed by atoms with Crippen LogP contribution in [0.15, 0.2) is 28.4 Å². The zero-order valence-electron chi connectivity index (χ0n) is 8.79. The number of aliphatic imine (C=N–C) groups is 1. The first-order chi connectivity index (χ1) is 6.11. The van der Waals surface area contributed by atoms with E-state index in [0.29, 0.717) is 5.92 Å². The molecular formula is C11H17NO. The molecule has 1 rings (SSSR count). The first-order valence-electron chi connectivity index (χ1n) is 4.59. The third kappa shape index (κ3) is 3.05. The Morgan fingerprint density at radius 2 is 2.08 bits per heavy atom. The molecule has 13 heavy (non-hydrogen) atoms. The van der Waals surface area contributed by atoms with Gasteiger partial charge < -0.3 is 4.74 Å². The standard InChI is InChI=1S/C11H17NO/c1-8-5-9(2)7-11(13-4)12-10(3)6-8/h5-6,8H,7H2,1-4H3/b9-5-,10-6-,12-11?. The molecule has 0 aromatic rings. The molecule has 1 aliphatic rings. The molecule has 0 aliphatic carbocycles. The zero-order chi connectivity index (χ0) is 9.84. The van der Waals surface area contributed by atoms with Gasteiger partial charge in [0.25, 0.3) is 0 Å². The summed E-state index contributed by atoms with van der Waals surface area (Å²) in [5.74, 6) is 1.27. The highest BCUT2D eigenvalue weighted by atomic mass is 16.5. The summed E-state index contributed by atoms with van der Waals surface area (Å²) in [5, 5.41) is 0. The molecule has 0 spiro atoms. The van der Waals surface area contributed by atoms with Crippen LogP contribution < -0.4 is 0 Å². The number of rotatable bonds is 0. The van der Waals surface area contributed by atoms with Gasteiger partial charge in [0.05, 0.1) is 7.11 Å². The van der Waals surface area contributed by atoms with Crippen LogP contribution in [0.3, 0.4) is 0 Å². The summed E-state index contributed by atoms with van der Waals surface area (Å²) < 4.78 is 5.17. The van der Waals surface area contributed by atoms with E-state index in [1.165, 1.54) is 5.57 Å². The van der Waals surface area contributed by atoms with Crippen LogP contribution in [0.4, 0.5) is 0 Å². The highest BCUT2D eigenvalue weighted by molar-refractivity contribution is 5.79. The molecule has 2 nitrogen and oxygen atoms in total. The van der Waals surface area contributed by atoms with Gasteiger partial charge in [0.15, 0.2) is 5.90 Å². The average molecular weight is 179 g/mol. The quantitative estimate of drug-likeness (QED) is 0.524. The monoisotopic (exact) mass is 179 g/mol. The van der Waals surface area contributed by atoms with Crippen molar-refractivity contribution < 1.29 is 4.74 Å². The minimum absolute atomic E-state index is 0.474. The van der Waals surface area contributed by atoms with Crippen molar-refractivity contribution in [1.29, 1.82) is 0 Å². The summed E-state index contributed by atoms with van der Waals surface area (Å²) in [7, 11) is 1.67. The molecule has 1 unspecified atom stereocenters. The van der Waals surface area contributed by atoms with Gasteiger partial charge >= 0.3 is 0 Å². The van der Waals surface area contributed by atoms with Crippen molar-refractivity contribution in [3.63, 3.8) is 0 Å². The van der Waals surface area contributed by atoms with Gasteiger partial charge in [-0.1, -0.05) is 24.6 Å². The Hall–Kier alpha value is -1.05. The molecule has 1 atom stereocenters. The Kier molecular flexibility index (Phi) is 3.29. The van der Waals surface area contributed by atoms with Crippen molar-refractivity contribution in [2.24, 2.45) is 10.9 Å². The number of methoxy groups -OCH3 is 1. The lowest BCUT2D eigenvalue weighted by Gasteiger charge is -2.11. The molecule has 1 heterocycles. The number of hydrogen-bond acceptors (Lipinski definition) is 2. The topological polar surface area (TPSA) is 21.6 Å². The molecule has 0 N–H and O–H groups in total. The molecular weight excluding hydrogens is 162 g/mol. The summed E-state index contributed by atoms with van der Waals surface area (Å²) in [4.78, 5) is 4.37. The van der Waals surface area contributed by atoms with Gasteiger partial charge in [-0.25, -0.2) is 4.99 Å². The second kappa shape index (κ2) is 4.26. The van der Waals surface area contributed by atoms with Gasteiger partial charge in [0.2, 0.25) is 0 Å². The molecule has 0 fully saturated rings. The SMILES string of the molecule is COC1=N/C(C)=C\C(C)/C=C(/C)C1. The van der Waals surface area contributed by atoms with E-state index in [-0.39, 0.29) is 0 Å². The third-order valence-corrected chi connectivity index (χ3v) is 2.02. The van der Waals surface area contributed by atoms with E-state index in [4.69, 9.17) is 4.74 Å². The second-order valence-electron chi connectivity index (χ2n) is 3.57. The van der Waals surface area contributed by atoms with Crippen LogP contribution in [0.2, 0.25) is 0 Å². The molecule has 2 heteroatoms. The average Bonchev–Trinajstić information content (AvgIpc) is 1.99. The molecule has 0 radical (unpaired) electrons. The van der Waals surface area contributed by atoms with Gasteiger partial charge in [-0.2, -0.15) is 0 Å². The fraction of sp³-hybridized carbons (Fsp3) is 0.545. The van der Waals surface area contributed by atoms with Gasteiger partial charge in [-0.05, 0) is 19.8 Å². The van der Waals surface area contributed by atoms with E-state index < -0.39 is 0 Å². The van der Waals surface area contributed by atoms with Crippen molar-refractivity contribution in [2.45, 2.75) is 27.2 Å². The summed E-state index contributed by atoms with van der Waals surface area (Å²) in [6.07, 6.45) is 5.21. The Morgan fingerprint density at radius 1 is 1.38 bits per heavy atom. The Morgan fingerprint density at radius 3 is 2.69 bits per heavy atom. The van der Waals surface area contributed by atoms with Crippen LogP contribution in [-0.4, -0.2) is 13.0 Å². The van der Waals surface area contributed by atoms with Crippen LogP contribution in [-0.2, 0) is 4.74 Å². The predicted octanol–water partition coefficient (Wildman–Crippen LogP) is 2.92. The first kappa shape index (κ1) is 10.0. The Bertz CT molecular complexity index is 274. The normalized spacial score (nSPS) is 31.7. The lowest BCUT2D eigenvalue weighted by molar-refractivity contribution is 0.393. The fourth-order valence-corrected chi connectivity index (χ4v) is 1.57. The van der Waals surface area contributed by atoms with Crippen molar-refractivity contribution in [3.05, 3.63) is 23.4 Å². The van der Waals surface area contributed by atoms with Crippen molar-refractivity contribution in [2.75, 3.05) is 7.11 Å². The maximum absolute atomic E-state index is 5.17. The first-order valence-corrected chi connectivity index (χ1v) is 4.59. The van der Waals surface area contributed by atoms with E-state index in [1.807, 2.05) is 6.92 Å². The Balaban J connectivity index is 2.95. The summed E-state index contributed by atoms with van der Waals surface area (Å²) in [6.45, 7) is 6.28. The van der Waals surface area contributed by atoms with E-state index in [1.54, 1.807) is 7.11 Å². The number of ether oxygens (including phenoxy) is 1. The van der Waals surface area contributed by atoms with Gasteiger partial charge in [0, 0.05) is 12.1 Å². The molecule has 0 aromatic carbocycles. The number of hydrogen-bond donors (Lipinski definition) is 0. The number of allylic oxidation sites excluding steroid dienone is 3. The molecule has 0 saturated carbocycles. The summed E-state index contributed by atoms with van der Waals surface area (Å²) in [6, 6.07) is 0. The lowest BCUT2D eigenvalue weighted by Crippen LogP contribution is -2.05. The van der Waals surface area contributed by atoms with Crippen LogP contribution in [0.25, 0.3) is 0 Å². The molecule has 72 valence electrons. The highest BCUT2D eigenvalue weighted by Gasteiger charge is 2.06. The van der Waals surface area contributed by atoms with Crippen LogP contribution in [0.5, 0.6) is 0 Å². The maximum atomic E-state index is 5.17. The highest BCUT2D eigenvalue weighted by Crippen LogP contribution is 2.15. The third-order valence-electron chi connectivity index (χ3n) is 2.02. The second-order valence-corrected chi connectivity index (χ2v) is 3.57. The van der Waals surface area contributed by atoms with Crippen LogP contribution in [0.1, 0.15) is 27.2 Å². The summed E-state index contributed by atoms with van der Waals surface area (Å²) in [5.41, 5.74) is 2.35. The molecule has 0 saturated heterocycles. The molecule has 1 aliphatic heterocycles. The summed E-state index contributed by atoms with van der Waals surface area (Å²) >= 11 is 0. The fourth-order valence-electron chi connectivity index (χ4n) is 1.57. The van der Waals surface area contributed by atoms with E-state index in [9.17, 15) is 0 Å². The minimum atomic E-state index is 0.474. The van der Waals surface area contributed by atoms with Gasteiger partial charge in [0.1, 0.15) is 0 Å². The van der Waals surface area contributed by atoms with Gasteiger partial charge in [-0.15, -0.1) is 0 Å². The van der Waals surface area contributed by atoms with Crippen molar-refractivity contribution in [1.82, 2.24) is 0 Å². The van der Waals surface area contributed by atoms with E-state index in [2.05, 4.69) is 31.0 Å². The Labute approximate surface area is 80.0 Å². The van der Waals surface area contributed by atoms with Gasteiger partial charge in [-0.3, -0.25) is 0 Å². The lowest BCUT2D eigenvalue weighted by atomic mass is 10.0. The van der Waals surface area contributed by atoms with Crippen molar-refractivity contribution in [3.8, 4) is 0 Å². The molecule has 0 aromatic heterocycles.